The zero-order chi connectivity index (χ0) is 23.3. The van der Waals surface area contributed by atoms with Gasteiger partial charge in [-0.3, -0.25) is 14.8 Å². The quantitative estimate of drug-likeness (QED) is 0.179. The maximum atomic E-state index is 12.7. The number of rotatable bonds is 6. The zero-order valence-corrected chi connectivity index (χ0v) is 17.9. The number of fused-ring (bicyclic) bond motifs is 1. The highest BCUT2D eigenvalue weighted by molar-refractivity contribution is 6.03. The Kier molecular flexibility index (Phi) is 7.18. The summed E-state index contributed by atoms with van der Waals surface area (Å²) in [5, 5.41) is 19.6. The molecular weight excluding hydrogens is 414 g/mol. The number of aliphatic hydroxyl groups excluding tert-OH is 1. The van der Waals surface area contributed by atoms with Crippen LogP contribution in [0.4, 0.5) is 10.6 Å². The summed E-state index contributed by atoms with van der Waals surface area (Å²) >= 11 is 0. The number of nitrogens with zero attached hydrogens (tertiary/aromatic N) is 5. The van der Waals surface area contributed by atoms with Crippen LogP contribution in [0.5, 0.6) is 0 Å². The fourth-order valence-corrected chi connectivity index (χ4v) is 3.18. The molecule has 170 valence electrons. The van der Waals surface area contributed by atoms with Crippen molar-refractivity contribution >= 4 is 23.6 Å². The highest BCUT2D eigenvalue weighted by Gasteiger charge is 2.25. The van der Waals surface area contributed by atoms with Crippen LogP contribution >= 0.6 is 0 Å². The molecule has 1 aliphatic heterocycles. The molecule has 0 spiro atoms. The minimum Gasteiger partial charge on any atom is -0.394 e. The molecule has 0 saturated carbocycles. The number of nitrogens with one attached hydrogen (secondary N) is 2. The Morgan fingerprint density at radius 1 is 1.31 bits per heavy atom. The number of urea groups is 1. The van der Waals surface area contributed by atoms with Crippen molar-refractivity contribution in [2.24, 2.45) is 16.8 Å². The number of carbonyl (C=O) groups is 2. The van der Waals surface area contributed by atoms with Crippen LogP contribution in [0.15, 0.2) is 35.6 Å². The van der Waals surface area contributed by atoms with Crippen LogP contribution in [0.1, 0.15) is 41.2 Å². The molecule has 2 aromatic rings. The zero-order valence-electron chi connectivity index (χ0n) is 17.9. The second kappa shape index (κ2) is 10.0. The highest BCUT2D eigenvalue weighted by Crippen LogP contribution is 2.23. The molecule has 1 unspecified atom stereocenters. The van der Waals surface area contributed by atoms with E-state index < -0.39 is 11.9 Å². The van der Waals surface area contributed by atoms with Crippen molar-refractivity contribution < 1.29 is 14.7 Å². The van der Waals surface area contributed by atoms with E-state index in [1.54, 1.807) is 42.3 Å². The third-order valence-electron chi connectivity index (χ3n) is 4.98. The molecule has 1 aliphatic rings. The first kappa shape index (κ1) is 22.9. The van der Waals surface area contributed by atoms with Gasteiger partial charge in [0.2, 0.25) is 0 Å². The van der Waals surface area contributed by atoms with Crippen molar-refractivity contribution in [2.45, 2.75) is 33.0 Å². The van der Waals surface area contributed by atoms with Crippen molar-refractivity contribution in [1.29, 1.82) is 0 Å². The molecule has 0 aromatic carbocycles. The predicted octanol–water partition coefficient (Wildman–Crippen LogP) is -0.0492. The number of hydrazone groups is 1. The Balaban J connectivity index is 1.73. The van der Waals surface area contributed by atoms with Gasteiger partial charge in [-0.2, -0.15) is 5.10 Å². The van der Waals surface area contributed by atoms with Gasteiger partial charge in [0.15, 0.2) is 5.84 Å². The lowest BCUT2D eigenvalue weighted by Gasteiger charge is -2.25. The number of aliphatic hydroxyl groups is 1. The van der Waals surface area contributed by atoms with Gasteiger partial charge in [-0.15, -0.1) is 0 Å². The Morgan fingerprint density at radius 2 is 2.06 bits per heavy atom. The number of pyridine rings is 2. The van der Waals surface area contributed by atoms with Crippen LogP contribution in [-0.2, 0) is 13.1 Å². The molecule has 3 amide bonds. The SMILES string of the molecule is CCNC(=O)N1Cc2cnc(C(=O)Nc3cccc(/C(=N/N)N(N)C(C)CO)n3)cc2C1. The Bertz CT molecular complexity index is 1030. The van der Waals surface area contributed by atoms with Gasteiger partial charge in [0.25, 0.3) is 5.91 Å². The number of amides is 3. The number of carbonyl (C=O) groups excluding carboxylic acids is 2. The van der Waals surface area contributed by atoms with Gasteiger partial charge in [-0.05, 0) is 43.2 Å². The van der Waals surface area contributed by atoms with Gasteiger partial charge in [-0.1, -0.05) is 6.07 Å². The summed E-state index contributed by atoms with van der Waals surface area (Å²) in [7, 11) is 0. The lowest BCUT2D eigenvalue weighted by Crippen LogP contribution is -2.47. The van der Waals surface area contributed by atoms with Crippen molar-refractivity contribution in [1.82, 2.24) is 25.2 Å². The Morgan fingerprint density at radius 3 is 2.75 bits per heavy atom. The van der Waals surface area contributed by atoms with Crippen molar-refractivity contribution in [2.75, 3.05) is 18.5 Å². The predicted molar refractivity (Wildman–Crippen MR) is 118 cm³/mol. The summed E-state index contributed by atoms with van der Waals surface area (Å²) in [4.78, 5) is 35.0. The molecule has 32 heavy (non-hydrogen) atoms. The van der Waals surface area contributed by atoms with Crippen LogP contribution in [0.2, 0.25) is 0 Å². The Hall–Kier alpha value is -3.77. The monoisotopic (exact) mass is 441 g/mol. The summed E-state index contributed by atoms with van der Waals surface area (Å²) < 4.78 is 0. The van der Waals surface area contributed by atoms with Crippen LogP contribution in [-0.4, -0.2) is 62.0 Å². The number of aromatic nitrogens is 2. The molecule has 1 atom stereocenters. The van der Waals surface area contributed by atoms with Crippen molar-refractivity contribution in [3.8, 4) is 0 Å². The highest BCUT2D eigenvalue weighted by atomic mass is 16.3. The standard InChI is InChI=1S/C20H27N9O3/c1-3-23-20(32)28-9-13-7-16(24-8-14(13)10-28)19(31)26-17-6-4-5-15(25-17)18(27-21)29(22)12(2)11-30/h4-8,12,30H,3,9-11,21-22H2,1-2H3,(H,23,32)(H,25,26,31)/b27-18-. The lowest BCUT2D eigenvalue weighted by atomic mass is 10.1. The minimum atomic E-state index is -0.450. The van der Waals surface area contributed by atoms with E-state index in [9.17, 15) is 14.7 Å². The number of anilines is 1. The summed E-state index contributed by atoms with van der Waals surface area (Å²) in [6.07, 6.45) is 1.61. The van der Waals surface area contributed by atoms with E-state index in [0.29, 0.717) is 25.3 Å². The fraction of sp³-hybridized carbons (Fsp3) is 0.350. The van der Waals surface area contributed by atoms with Gasteiger partial charge < -0.3 is 26.5 Å². The molecule has 0 aliphatic carbocycles. The lowest BCUT2D eigenvalue weighted by molar-refractivity contribution is 0.102. The molecule has 0 radical (unpaired) electrons. The van der Waals surface area contributed by atoms with Crippen molar-refractivity contribution in [3.05, 3.63) is 53.0 Å². The molecule has 0 bridgehead atoms. The smallest absolute Gasteiger partial charge is 0.317 e. The van der Waals surface area contributed by atoms with E-state index >= 15 is 0 Å². The fourth-order valence-electron chi connectivity index (χ4n) is 3.18. The third kappa shape index (κ3) is 4.92. The van der Waals surface area contributed by atoms with Crippen molar-refractivity contribution in [3.63, 3.8) is 0 Å². The average Bonchev–Trinajstić information content (AvgIpc) is 3.23. The number of amidine groups is 1. The first-order valence-corrected chi connectivity index (χ1v) is 10.1. The second-order valence-electron chi connectivity index (χ2n) is 7.28. The van der Waals surface area contributed by atoms with E-state index in [1.165, 1.54) is 5.01 Å². The van der Waals surface area contributed by atoms with E-state index in [-0.39, 0.29) is 30.0 Å². The van der Waals surface area contributed by atoms with Gasteiger partial charge in [-0.25, -0.2) is 15.6 Å². The molecule has 12 nitrogen and oxygen atoms in total. The molecule has 12 heteroatoms. The normalized spacial score (nSPS) is 14.0. The molecule has 0 fully saturated rings. The topological polar surface area (TPSA) is 175 Å². The molecule has 0 saturated heterocycles. The summed E-state index contributed by atoms with van der Waals surface area (Å²) in [5.74, 6) is 11.4. The first-order chi connectivity index (χ1) is 15.4. The summed E-state index contributed by atoms with van der Waals surface area (Å²) in [6.45, 7) is 4.75. The largest absolute Gasteiger partial charge is 0.394 e. The van der Waals surface area contributed by atoms with Crippen LogP contribution in [0.25, 0.3) is 0 Å². The van der Waals surface area contributed by atoms with Gasteiger partial charge >= 0.3 is 6.03 Å². The van der Waals surface area contributed by atoms with E-state index in [2.05, 4.69) is 25.7 Å². The molecular formula is C20H27N9O3. The first-order valence-electron chi connectivity index (χ1n) is 10.1. The number of hydrazine groups is 1. The van der Waals surface area contributed by atoms with Crippen LogP contribution in [0, 0.1) is 0 Å². The Labute approximate surface area is 185 Å². The molecule has 3 rings (SSSR count). The summed E-state index contributed by atoms with van der Waals surface area (Å²) in [5.41, 5.74) is 2.30. The van der Waals surface area contributed by atoms with E-state index in [0.717, 1.165) is 11.1 Å². The third-order valence-corrected chi connectivity index (χ3v) is 4.98. The molecule has 7 N–H and O–H groups in total. The molecule has 2 aromatic heterocycles. The average molecular weight is 441 g/mol. The van der Waals surface area contributed by atoms with E-state index in [4.69, 9.17) is 11.7 Å². The van der Waals surface area contributed by atoms with E-state index in [1.807, 2.05) is 6.92 Å². The maximum absolute atomic E-state index is 12.7. The van der Waals surface area contributed by atoms with Gasteiger partial charge in [0.05, 0.1) is 12.6 Å². The number of hydrogen-bond acceptors (Lipinski definition) is 8. The number of hydrogen-bond donors (Lipinski definition) is 5. The molecule has 3 heterocycles. The maximum Gasteiger partial charge on any atom is 0.317 e. The van der Waals surface area contributed by atoms with Crippen LogP contribution < -0.4 is 22.3 Å². The number of nitrogens with two attached hydrogens (primary N) is 2. The van der Waals surface area contributed by atoms with Gasteiger partial charge in [0, 0.05) is 25.8 Å². The second-order valence-corrected chi connectivity index (χ2v) is 7.28. The van der Waals surface area contributed by atoms with Gasteiger partial charge in [0.1, 0.15) is 17.2 Å². The minimum absolute atomic E-state index is 0.155. The van der Waals surface area contributed by atoms with Crippen LogP contribution in [0.3, 0.4) is 0 Å². The summed E-state index contributed by atoms with van der Waals surface area (Å²) in [6, 6.07) is 5.99.